The topological polar surface area (TPSA) is 79.8 Å². The van der Waals surface area contributed by atoms with Gasteiger partial charge in [-0.1, -0.05) is 48.5 Å². The molecule has 138 valence electrons. The van der Waals surface area contributed by atoms with Crippen molar-refractivity contribution in [1.29, 1.82) is 0 Å². The van der Waals surface area contributed by atoms with Crippen molar-refractivity contribution < 1.29 is 4.79 Å². The molecule has 6 heteroatoms. The molecule has 0 bridgehead atoms. The van der Waals surface area contributed by atoms with Gasteiger partial charge in [0.2, 0.25) is 5.95 Å². The number of anilines is 1. The zero-order valence-corrected chi connectivity index (χ0v) is 15.6. The zero-order valence-electron chi connectivity index (χ0n) is 15.6. The minimum Gasteiger partial charge on any atom is -0.267 e. The average molecular weight is 369 g/mol. The SMILES string of the molecule is Cc1cc(C)nc(NNC(=O)c2cc(-c3ccccc3)nc3ccccc23)n1. The molecule has 0 aliphatic rings. The number of aromatic nitrogens is 3. The number of hydrazine groups is 1. The van der Waals surface area contributed by atoms with Crippen molar-refractivity contribution in [3.63, 3.8) is 0 Å². The highest BCUT2D eigenvalue weighted by Gasteiger charge is 2.14. The predicted octanol–water partition coefficient (Wildman–Crippen LogP) is 4.07. The average Bonchev–Trinajstić information content (AvgIpc) is 2.71. The van der Waals surface area contributed by atoms with Gasteiger partial charge in [0.15, 0.2) is 0 Å². The third-order valence-corrected chi connectivity index (χ3v) is 4.30. The molecule has 2 aromatic carbocycles. The van der Waals surface area contributed by atoms with Gasteiger partial charge in [-0.15, -0.1) is 0 Å². The Kier molecular flexibility index (Phi) is 4.68. The number of benzene rings is 2. The van der Waals surface area contributed by atoms with Crippen molar-refractivity contribution >= 4 is 22.8 Å². The van der Waals surface area contributed by atoms with Crippen LogP contribution in [0.25, 0.3) is 22.2 Å². The van der Waals surface area contributed by atoms with E-state index >= 15 is 0 Å². The van der Waals surface area contributed by atoms with Crippen molar-refractivity contribution in [2.24, 2.45) is 0 Å². The number of amides is 1. The Labute approximate surface area is 162 Å². The highest BCUT2D eigenvalue weighted by molar-refractivity contribution is 6.07. The van der Waals surface area contributed by atoms with E-state index in [4.69, 9.17) is 4.98 Å². The van der Waals surface area contributed by atoms with Gasteiger partial charge in [0.05, 0.1) is 16.8 Å². The first-order chi connectivity index (χ1) is 13.6. The van der Waals surface area contributed by atoms with E-state index in [1.165, 1.54) is 0 Å². The number of pyridine rings is 1. The van der Waals surface area contributed by atoms with E-state index in [0.29, 0.717) is 11.5 Å². The van der Waals surface area contributed by atoms with Gasteiger partial charge in [-0.05, 0) is 32.0 Å². The molecule has 0 spiro atoms. The van der Waals surface area contributed by atoms with Gasteiger partial charge in [0.1, 0.15) is 0 Å². The number of rotatable bonds is 4. The second-order valence-corrected chi connectivity index (χ2v) is 6.49. The lowest BCUT2D eigenvalue weighted by molar-refractivity contribution is 0.0964. The fraction of sp³-hybridized carbons (Fsp3) is 0.0909. The van der Waals surface area contributed by atoms with Gasteiger partial charge in [-0.3, -0.25) is 15.6 Å². The summed E-state index contributed by atoms with van der Waals surface area (Å²) in [6.07, 6.45) is 0. The van der Waals surface area contributed by atoms with Gasteiger partial charge in [0.25, 0.3) is 5.91 Å². The largest absolute Gasteiger partial charge is 0.270 e. The summed E-state index contributed by atoms with van der Waals surface area (Å²) >= 11 is 0. The fourth-order valence-electron chi connectivity index (χ4n) is 3.08. The van der Waals surface area contributed by atoms with Crippen LogP contribution in [0, 0.1) is 13.8 Å². The van der Waals surface area contributed by atoms with E-state index < -0.39 is 0 Å². The fourth-order valence-corrected chi connectivity index (χ4v) is 3.08. The molecular weight excluding hydrogens is 350 g/mol. The quantitative estimate of drug-likeness (QED) is 0.530. The Morgan fingerprint density at radius 2 is 1.50 bits per heavy atom. The lowest BCUT2D eigenvalue weighted by Crippen LogP contribution is -2.30. The molecule has 0 saturated carbocycles. The van der Waals surface area contributed by atoms with Crippen LogP contribution in [0.3, 0.4) is 0 Å². The number of carbonyl (C=O) groups is 1. The smallest absolute Gasteiger partial charge is 0.267 e. The van der Waals surface area contributed by atoms with E-state index in [1.807, 2.05) is 74.5 Å². The van der Waals surface area contributed by atoms with Crippen molar-refractivity contribution in [1.82, 2.24) is 20.4 Å². The molecule has 0 aliphatic carbocycles. The molecule has 0 saturated heterocycles. The number of hydrogen-bond acceptors (Lipinski definition) is 5. The van der Waals surface area contributed by atoms with Crippen LogP contribution in [0.5, 0.6) is 0 Å². The van der Waals surface area contributed by atoms with Crippen LogP contribution in [0.1, 0.15) is 21.7 Å². The summed E-state index contributed by atoms with van der Waals surface area (Å²) in [5.74, 6) is 0.0750. The number of para-hydroxylation sites is 1. The number of fused-ring (bicyclic) bond motifs is 1. The maximum Gasteiger partial charge on any atom is 0.270 e. The summed E-state index contributed by atoms with van der Waals surface area (Å²) in [5, 5.41) is 0.780. The van der Waals surface area contributed by atoms with Crippen LogP contribution >= 0.6 is 0 Å². The third kappa shape index (κ3) is 3.66. The molecule has 28 heavy (non-hydrogen) atoms. The van der Waals surface area contributed by atoms with Crippen LogP contribution in [0.4, 0.5) is 5.95 Å². The maximum absolute atomic E-state index is 12.9. The summed E-state index contributed by atoms with van der Waals surface area (Å²) < 4.78 is 0. The molecular formula is C22H19N5O. The Morgan fingerprint density at radius 1 is 0.821 bits per heavy atom. The van der Waals surface area contributed by atoms with Gasteiger partial charge in [-0.2, -0.15) is 0 Å². The van der Waals surface area contributed by atoms with E-state index in [1.54, 1.807) is 6.07 Å². The second kappa shape index (κ2) is 7.44. The minimum absolute atomic E-state index is 0.279. The number of carbonyl (C=O) groups excluding carboxylic acids is 1. The third-order valence-electron chi connectivity index (χ3n) is 4.30. The summed E-state index contributed by atoms with van der Waals surface area (Å²) in [4.78, 5) is 26.2. The number of nitrogens with zero attached hydrogens (tertiary/aromatic N) is 3. The lowest BCUT2D eigenvalue weighted by Gasteiger charge is -2.12. The number of nitrogens with one attached hydrogen (secondary N) is 2. The second-order valence-electron chi connectivity index (χ2n) is 6.49. The van der Waals surface area contributed by atoms with Crippen molar-refractivity contribution in [3.05, 3.63) is 83.7 Å². The first kappa shape index (κ1) is 17.6. The molecule has 4 aromatic rings. The predicted molar refractivity (Wildman–Crippen MR) is 110 cm³/mol. The monoisotopic (exact) mass is 369 g/mol. The minimum atomic E-state index is -0.279. The first-order valence-corrected chi connectivity index (χ1v) is 8.94. The molecule has 4 rings (SSSR count). The highest BCUT2D eigenvalue weighted by atomic mass is 16.2. The Balaban J connectivity index is 1.69. The van der Waals surface area contributed by atoms with Crippen LogP contribution in [-0.2, 0) is 0 Å². The van der Waals surface area contributed by atoms with E-state index in [0.717, 1.165) is 33.5 Å². The van der Waals surface area contributed by atoms with Crippen LogP contribution < -0.4 is 10.9 Å². The molecule has 1 amide bonds. The lowest BCUT2D eigenvalue weighted by atomic mass is 10.0. The molecule has 0 aliphatic heterocycles. The van der Waals surface area contributed by atoms with E-state index in [2.05, 4.69) is 20.8 Å². The van der Waals surface area contributed by atoms with Crippen LogP contribution in [0.2, 0.25) is 0 Å². The van der Waals surface area contributed by atoms with Gasteiger partial charge in [-0.25, -0.2) is 15.0 Å². The molecule has 2 aromatic heterocycles. The van der Waals surface area contributed by atoms with Gasteiger partial charge in [0, 0.05) is 22.3 Å². The van der Waals surface area contributed by atoms with Crippen LogP contribution in [-0.4, -0.2) is 20.9 Å². The molecule has 0 fully saturated rings. The molecule has 0 unspecified atom stereocenters. The summed E-state index contributed by atoms with van der Waals surface area (Å²) in [6.45, 7) is 3.76. The molecule has 0 radical (unpaired) electrons. The highest BCUT2D eigenvalue weighted by Crippen LogP contribution is 2.24. The standard InChI is InChI=1S/C22H19N5O/c1-14-12-15(2)24-22(23-14)27-26-21(28)18-13-20(16-8-4-3-5-9-16)25-19-11-7-6-10-17(18)19/h3-13H,1-2H3,(H,26,28)(H,23,24,27). The first-order valence-electron chi connectivity index (χ1n) is 8.94. The summed E-state index contributed by atoms with van der Waals surface area (Å²) in [5.41, 5.74) is 10.1. The van der Waals surface area contributed by atoms with Gasteiger partial charge >= 0.3 is 0 Å². The van der Waals surface area contributed by atoms with Crippen LogP contribution in [0.15, 0.2) is 66.7 Å². The van der Waals surface area contributed by atoms with Crippen molar-refractivity contribution in [2.75, 3.05) is 5.43 Å². The maximum atomic E-state index is 12.9. The molecule has 2 N–H and O–H groups in total. The number of hydrogen-bond donors (Lipinski definition) is 2. The Bertz CT molecular complexity index is 1140. The summed E-state index contributed by atoms with van der Waals surface area (Å²) in [6, 6.07) is 21.1. The van der Waals surface area contributed by atoms with Crippen molar-refractivity contribution in [3.8, 4) is 11.3 Å². The zero-order chi connectivity index (χ0) is 19.5. The Hall–Kier alpha value is -3.80. The van der Waals surface area contributed by atoms with Gasteiger partial charge < -0.3 is 0 Å². The van der Waals surface area contributed by atoms with Crippen molar-refractivity contribution in [2.45, 2.75) is 13.8 Å². The number of aryl methyl sites for hydroxylation is 2. The molecule has 0 atom stereocenters. The normalized spacial score (nSPS) is 10.6. The molecule has 6 nitrogen and oxygen atoms in total. The molecule has 2 heterocycles. The van der Waals surface area contributed by atoms with E-state index in [-0.39, 0.29) is 5.91 Å². The van der Waals surface area contributed by atoms with E-state index in [9.17, 15) is 4.79 Å². The Morgan fingerprint density at radius 3 is 2.25 bits per heavy atom. The summed E-state index contributed by atoms with van der Waals surface area (Å²) in [7, 11) is 0.